The van der Waals surface area contributed by atoms with Crippen molar-refractivity contribution in [3.8, 4) is 0 Å². The molecule has 0 spiro atoms. The van der Waals surface area contributed by atoms with Gasteiger partial charge in [-0.15, -0.1) is 0 Å². The van der Waals surface area contributed by atoms with E-state index in [0.717, 1.165) is 13.1 Å². The predicted molar refractivity (Wildman–Crippen MR) is 69.2 cm³/mol. The van der Waals surface area contributed by atoms with Gasteiger partial charge in [-0.3, -0.25) is 9.59 Å². The van der Waals surface area contributed by atoms with Crippen LogP contribution in [0.2, 0.25) is 0 Å². The summed E-state index contributed by atoms with van der Waals surface area (Å²) in [5, 5.41) is 15.2. The van der Waals surface area contributed by atoms with Gasteiger partial charge in [-0.05, 0) is 31.8 Å². The first kappa shape index (κ1) is 15.0. The van der Waals surface area contributed by atoms with Crippen LogP contribution in [-0.2, 0) is 9.59 Å². The molecule has 1 amide bonds. The first-order chi connectivity index (χ1) is 8.46. The molecule has 3 N–H and O–H groups in total. The van der Waals surface area contributed by atoms with E-state index in [2.05, 4.69) is 10.6 Å². The molecule has 0 aromatic carbocycles. The maximum absolute atomic E-state index is 11.9. The van der Waals surface area contributed by atoms with Gasteiger partial charge >= 0.3 is 5.97 Å². The summed E-state index contributed by atoms with van der Waals surface area (Å²) >= 11 is 0. The lowest BCUT2D eigenvalue weighted by Gasteiger charge is -2.33. The fourth-order valence-corrected chi connectivity index (χ4v) is 2.17. The minimum Gasteiger partial charge on any atom is -0.481 e. The van der Waals surface area contributed by atoms with E-state index in [1.807, 2.05) is 20.8 Å². The summed E-state index contributed by atoms with van der Waals surface area (Å²) in [5.41, 5.74) is -0.826. The van der Waals surface area contributed by atoms with Gasteiger partial charge in [0.25, 0.3) is 0 Å². The van der Waals surface area contributed by atoms with Crippen LogP contribution in [0.3, 0.4) is 0 Å². The van der Waals surface area contributed by atoms with Crippen molar-refractivity contribution in [2.24, 2.45) is 17.3 Å². The summed E-state index contributed by atoms with van der Waals surface area (Å²) in [4.78, 5) is 23.3. The lowest BCUT2D eigenvalue weighted by Crippen LogP contribution is -2.51. The molecular weight excluding hydrogens is 232 g/mol. The van der Waals surface area contributed by atoms with Crippen LogP contribution in [0.1, 0.15) is 33.6 Å². The Morgan fingerprint density at radius 1 is 1.39 bits per heavy atom. The monoisotopic (exact) mass is 256 g/mol. The average molecular weight is 256 g/mol. The van der Waals surface area contributed by atoms with Crippen LogP contribution in [0, 0.1) is 17.3 Å². The van der Waals surface area contributed by atoms with Gasteiger partial charge in [0.05, 0.1) is 5.41 Å². The molecule has 1 aliphatic heterocycles. The minimum atomic E-state index is -0.828. The summed E-state index contributed by atoms with van der Waals surface area (Å²) < 4.78 is 0. The van der Waals surface area contributed by atoms with Crippen molar-refractivity contribution >= 4 is 11.9 Å². The van der Waals surface area contributed by atoms with Crippen LogP contribution in [0.4, 0.5) is 0 Å². The summed E-state index contributed by atoms with van der Waals surface area (Å²) in [6, 6.07) is 0. The van der Waals surface area contributed by atoms with E-state index in [0.29, 0.717) is 18.8 Å². The van der Waals surface area contributed by atoms with E-state index in [4.69, 9.17) is 0 Å². The largest absolute Gasteiger partial charge is 0.481 e. The van der Waals surface area contributed by atoms with Gasteiger partial charge < -0.3 is 15.7 Å². The van der Waals surface area contributed by atoms with E-state index in [1.165, 1.54) is 0 Å². The number of hydrogen-bond donors (Lipinski definition) is 3. The van der Waals surface area contributed by atoms with Crippen LogP contribution in [-0.4, -0.2) is 36.6 Å². The second-order valence-electron chi connectivity index (χ2n) is 5.22. The fourth-order valence-electron chi connectivity index (χ4n) is 2.17. The zero-order valence-corrected chi connectivity index (χ0v) is 11.5. The topological polar surface area (TPSA) is 78.4 Å². The molecule has 0 saturated carbocycles. The Kier molecular flexibility index (Phi) is 5.14. The maximum atomic E-state index is 11.9. The highest BCUT2D eigenvalue weighted by molar-refractivity contribution is 5.80. The Labute approximate surface area is 108 Å². The molecule has 1 heterocycles. The Bertz CT molecular complexity index is 309. The Morgan fingerprint density at radius 3 is 2.28 bits per heavy atom. The molecule has 1 aliphatic rings. The Balaban J connectivity index is 2.51. The van der Waals surface area contributed by atoms with Crippen LogP contribution >= 0.6 is 0 Å². The smallest absolute Gasteiger partial charge is 0.311 e. The first-order valence-electron chi connectivity index (χ1n) is 6.68. The third-order valence-corrected chi connectivity index (χ3v) is 4.34. The SMILES string of the molecule is CCC(CC)(CNC(=O)C(C)C1CNC1)C(=O)O. The predicted octanol–water partition coefficient (Wildman–Crippen LogP) is 0.849. The lowest BCUT2D eigenvalue weighted by molar-refractivity contribution is -0.149. The molecule has 1 atom stereocenters. The summed E-state index contributed by atoms with van der Waals surface area (Å²) in [7, 11) is 0. The highest BCUT2D eigenvalue weighted by Crippen LogP contribution is 2.26. The van der Waals surface area contributed by atoms with Crippen molar-refractivity contribution in [2.75, 3.05) is 19.6 Å². The number of carboxylic acids is 1. The summed E-state index contributed by atoms with van der Waals surface area (Å²) in [6.45, 7) is 7.58. The van der Waals surface area contributed by atoms with Gasteiger partial charge in [0.15, 0.2) is 0 Å². The second kappa shape index (κ2) is 6.18. The molecule has 1 unspecified atom stereocenters. The van der Waals surface area contributed by atoms with Crippen LogP contribution < -0.4 is 10.6 Å². The van der Waals surface area contributed by atoms with Gasteiger partial charge in [-0.2, -0.15) is 0 Å². The number of amides is 1. The van der Waals surface area contributed by atoms with Crippen molar-refractivity contribution in [3.05, 3.63) is 0 Å². The molecule has 1 fully saturated rings. The fraction of sp³-hybridized carbons (Fsp3) is 0.846. The maximum Gasteiger partial charge on any atom is 0.311 e. The van der Waals surface area contributed by atoms with Crippen molar-refractivity contribution in [3.63, 3.8) is 0 Å². The van der Waals surface area contributed by atoms with Gasteiger partial charge in [0, 0.05) is 12.5 Å². The number of nitrogens with one attached hydrogen (secondary N) is 2. The number of hydrogen-bond acceptors (Lipinski definition) is 3. The standard InChI is InChI=1S/C13H24N2O3/c1-4-13(5-2,12(17)18)8-15-11(16)9(3)10-6-14-7-10/h9-10,14H,4-8H2,1-3H3,(H,15,16)(H,17,18). The summed E-state index contributed by atoms with van der Waals surface area (Å²) in [6.07, 6.45) is 1.05. The molecule has 0 bridgehead atoms. The third-order valence-electron chi connectivity index (χ3n) is 4.34. The third kappa shape index (κ3) is 3.02. The Morgan fingerprint density at radius 2 is 1.94 bits per heavy atom. The molecule has 104 valence electrons. The van der Waals surface area contributed by atoms with Gasteiger partial charge in [0.1, 0.15) is 0 Å². The normalized spacial score (nSPS) is 17.9. The lowest BCUT2D eigenvalue weighted by atomic mass is 9.82. The van der Waals surface area contributed by atoms with Crippen molar-refractivity contribution in [2.45, 2.75) is 33.6 Å². The molecule has 0 aromatic heterocycles. The van der Waals surface area contributed by atoms with Crippen molar-refractivity contribution in [1.82, 2.24) is 10.6 Å². The molecule has 5 heteroatoms. The molecule has 18 heavy (non-hydrogen) atoms. The molecule has 0 aromatic rings. The molecule has 1 saturated heterocycles. The van der Waals surface area contributed by atoms with E-state index in [1.54, 1.807) is 0 Å². The van der Waals surface area contributed by atoms with Crippen molar-refractivity contribution in [1.29, 1.82) is 0 Å². The zero-order chi connectivity index (χ0) is 13.8. The van der Waals surface area contributed by atoms with E-state index in [-0.39, 0.29) is 18.4 Å². The first-order valence-corrected chi connectivity index (χ1v) is 6.68. The quantitative estimate of drug-likeness (QED) is 0.631. The zero-order valence-electron chi connectivity index (χ0n) is 11.5. The molecule has 1 rings (SSSR count). The number of carboxylic acid groups (broad SMARTS) is 1. The highest BCUT2D eigenvalue weighted by Gasteiger charge is 2.36. The summed E-state index contributed by atoms with van der Waals surface area (Å²) in [5.74, 6) is -0.529. The minimum absolute atomic E-state index is 0.0333. The highest BCUT2D eigenvalue weighted by atomic mass is 16.4. The molecule has 5 nitrogen and oxygen atoms in total. The van der Waals surface area contributed by atoms with Crippen LogP contribution in [0.5, 0.6) is 0 Å². The number of rotatable bonds is 7. The van der Waals surface area contributed by atoms with E-state index < -0.39 is 11.4 Å². The second-order valence-corrected chi connectivity index (χ2v) is 5.22. The van der Waals surface area contributed by atoms with Crippen LogP contribution in [0.15, 0.2) is 0 Å². The average Bonchev–Trinajstić information content (AvgIpc) is 2.28. The van der Waals surface area contributed by atoms with Gasteiger partial charge in [-0.25, -0.2) is 0 Å². The Hall–Kier alpha value is -1.10. The molecule has 0 aliphatic carbocycles. The number of carbonyl (C=O) groups is 2. The van der Waals surface area contributed by atoms with Crippen molar-refractivity contribution < 1.29 is 14.7 Å². The molecule has 0 radical (unpaired) electrons. The molecular formula is C13H24N2O3. The van der Waals surface area contributed by atoms with Crippen LogP contribution in [0.25, 0.3) is 0 Å². The number of aliphatic carboxylic acids is 1. The van der Waals surface area contributed by atoms with Gasteiger partial charge in [-0.1, -0.05) is 20.8 Å². The van der Waals surface area contributed by atoms with E-state index in [9.17, 15) is 14.7 Å². The van der Waals surface area contributed by atoms with Gasteiger partial charge in [0.2, 0.25) is 5.91 Å². The van der Waals surface area contributed by atoms with E-state index >= 15 is 0 Å². The number of carbonyl (C=O) groups excluding carboxylic acids is 1.